The highest BCUT2D eigenvalue weighted by atomic mass is 16.5. The molecule has 1 saturated heterocycles. The summed E-state index contributed by atoms with van der Waals surface area (Å²) in [6.07, 6.45) is 6.05. The number of hydrogen-bond acceptors (Lipinski definition) is 3. The summed E-state index contributed by atoms with van der Waals surface area (Å²) in [6, 6.07) is 6.73. The molecule has 2 unspecified atom stereocenters. The fourth-order valence-corrected chi connectivity index (χ4v) is 3.33. The summed E-state index contributed by atoms with van der Waals surface area (Å²) in [7, 11) is 1.72. The fraction of sp³-hybridized carbons (Fsp3) is 0.667. The van der Waals surface area contributed by atoms with Crippen LogP contribution in [0.25, 0.3) is 0 Å². The van der Waals surface area contributed by atoms with Crippen molar-refractivity contribution in [3.8, 4) is 5.75 Å². The predicted octanol–water partition coefficient (Wildman–Crippen LogP) is 3.90. The minimum atomic E-state index is -0.428. The number of nitrogens with zero attached hydrogens (tertiary/aromatic N) is 1. The Bertz CT molecular complexity index is 443. The Morgan fingerprint density at radius 1 is 1.38 bits per heavy atom. The lowest BCUT2D eigenvalue weighted by Crippen LogP contribution is -2.38. The van der Waals surface area contributed by atoms with Gasteiger partial charge in [0.2, 0.25) is 0 Å². The second-order valence-electron chi connectivity index (χ2n) is 6.16. The lowest BCUT2D eigenvalue weighted by Gasteiger charge is -2.36. The van der Waals surface area contributed by atoms with Crippen molar-refractivity contribution in [1.82, 2.24) is 4.90 Å². The Morgan fingerprint density at radius 3 is 2.86 bits per heavy atom. The Hall–Kier alpha value is -1.06. The summed E-state index contributed by atoms with van der Waals surface area (Å²) in [5.41, 5.74) is 2.16. The Balaban J connectivity index is 2.17. The van der Waals surface area contributed by atoms with Crippen LogP contribution in [0.2, 0.25) is 0 Å². The predicted molar refractivity (Wildman–Crippen MR) is 86.6 cm³/mol. The van der Waals surface area contributed by atoms with Gasteiger partial charge in [0.25, 0.3) is 0 Å². The normalized spacial score (nSPS) is 21.2. The summed E-state index contributed by atoms with van der Waals surface area (Å²) in [4.78, 5) is 2.59. The summed E-state index contributed by atoms with van der Waals surface area (Å²) in [5.74, 6) is 0.931. The molecule has 0 spiro atoms. The van der Waals surface area contributed by atoms with Crippen LogP contribution in [0, 0.1) is 0 Å². The van der Waals surface area contributed by atoms with Gasteiger partial charge in [-0.2, -0.15) is 0 Å². The van der Waals surface area contributed by atoms with Gasteiger partial charge in [-0.25, -0.2) is 0 Å². The van der Waals surface area contributed by atoms with Crippen molar-refractivity contribution in [2.75, 3.05) is 13.7 Å². The average molecular weight is 291 g/mol. The number of aliphatic hydroxyl groups excluding tert-OH is 1. The molecule has 1 aliphatic heterocycles. The SMILES string of the molecule is CCCC1CCCCN1Cc1cc(C(C)O)ccc1OC. The highest BCUT2D eigenvalue weighted by Crippen LogP contribution is 2.28. The van der Waals surface area contributed by atoms with Gasteiger partial charge < -0.3 is 9.84 Å². The first kappa shape index (κ1) is 16.3. The van der Waals surface area contributed by atoms with Crippen molar-refractivity contribution in [1.29, 1.82) is 0 Å². The molecule has 1 heterocycles. The second-order valence-corrected chi connectivity index (χ2v) is 6.16. The molecule has 0 aliphatic carbocycles. The largest absolute Gasteiger partial charge is 0.496 e. The van der Waals surface area contributed by atoms with Crippen molar-refractivity contribution in [2.45, 2.75) is 64.6 Å². The highest BCUT2D eigenvalue weighted by molar-refractivity contribution is 5.38. The number of likely N-dealkylation sites (tertiary alicyclic amines) is 1. The van der Waals surface area contributed by atoms with E-state index in [1.807, 2.05) is 19.1 Å². The molecule has 1 aliphatic rings. The van der Waals surface area contributed by atoms with E-state index < -0.39 is 6.10 Å². The Morgan fingerprint density at radius 2 is 2.19 bits per heavy atom. The molecule has 2 rings (SSSR count). The maximum atomic E-state index is 9.80. The monoisotopic (exact) mass is 291 g/mol. The van der Waals surface area contributed by atoms with E-state index in [-0.39, 0.29) is 0 Å². The lowest BCUT2D eigenvalue weighted by atomic mass is 9.97. The highest BCUT2D eigenvalue weighted by Gasteiger charge is 2.22. The van der Waals surface area contributed by atoms with E-state index in [1.165, 1.54) is 44.2 Å². The molecule has 1 aromatic rings. The van der Waals surface area contributed by atoms with E-state index in [1.54, 1.807) is 7.11 Å². The standard InChI is InChI=1S/C18H29NO2/c1-4-7-17-8-5-6-11-19(17)13-16-12-15(14(2)20)9-10-18(16)21-3/h9-10,12,14,17,20H,4-8,11,13H2,1-3H3. The molecular formula is C18H29NO2. The molecule has 0 bridgehead atoms. The third-order valence-corrected chi connectivity index (χ3v) is 4.53. The van der Waals surface area contributed by atoms with Crippen molar-refractivity contribution in [3.63, 3.8) is 0 Å². The molecule has 21 heavy (non-hydrogen) atoms. The van der Waals surface area contributed by atoms with Gasteiger partial charge in [0.15, 0.2) is 0 Å². The maximum Gasteiger partial charge on any atom is 0.123 e. The van der Waals surface area contributed by atoms with Crippen LogP contribution >= 0.6 is 0 Å². The third-order valence-electron chi connectivity index (χ3n) is 4.53. The summed E-state index contributed by atoms with van der Waals surface area (Å²) in [5, 5.41) is 9.80. The van der Waals surface area contributed by atoms with Crippen molar-refractivity contribution in [3.05, 3.63) is 29.3 Å². The van der Waals surface area contributed by atoms with E-state index in [2.05, 4.69) is 17.9 Å². The van der Waals surface area contributed by atoms with E-state index in [4.69, 9.17) is 4.74 Å². The number of methoxy groups -OCH3 is 1. The third kappa shape index (κ3) is 4.21. The second kappa shape index (κ2) is 7.81. The molecule has 0 aromatic heterocycles. The zero-order chi connectivity index (χ0) is 15.2. The van der Waals surface area contributed by atoms with Crippen LogP contribution in [-0.4, -0.2) is 29.7 Å². The molecule has 0 saturated carbocycles. The summed E-state index contributed by atoms with van der Waals surface area (Å²) >= 11 is 0. The molecule has 3 nitrogen and oxygen atoms in total. The summed E-state index contributed by atoms with van der Waals surface area (Å²) < 4.78 is 5.51. The maximum absolute atomic E-state index is 9.80. The molecule has 2 atom stereocenters. The molecule has 118 valence electrons. The number of aliphatic hydroxyl groups is 1. The van der Waals surface area contributed by atoms with Gasteiger partial charge >= 0.3 is 0 Å². The molecule has 0 amide bonds. The summed E-state index contributed by atoms with van der Waals surface area (Å²) in [6.45, 7) is 6.18. The first-order valence-electron chi connectivity index (χ1n) is 8.24. The number of ether oxygens (including phenoxy) is 1. The van der Waals surface area contributed by atoms with Gasteiger partial charge in [-0.15, -0.1) is 0 Å². The first-order chi connectivity index (χ1) is 10.2. The van der Waals surface area contributed by atoms with Crippen LogP contribution in [0.4, 0.5) is 0 Å². The molecular weight excluding hydrogens is 262 g/mol. The van der Waals surface area contributed by atoms with Crippen LogP contribution < -0.4 is 4.74 Å². The molecule has 3 heteroatoms. The van der Waals surface area contributed by atoms with E-state index in [0.717, 1.165) is 17.9 Å². The Kier molecular flexibility index (Phi) is 6.07. The van der Waals surface area contributed by atoms with Gasteiger partial charge in [-0.05, 0) is 50.4 Å². The molecule has 1 aromatic carbocycles. The first-order valence-corrected chi connectivity index (χ1v) is 8.24. The minimum Gasteiger partial charge on any atom is -0.496 e. The Labute approximate surface area is 128 Å². The van der Waals surface area contributed by atoms with Crippen LogP contribution in [0.5, 0.6) is 5.75 Å². The number of benzene rings is 1. The van der Waals surface area contributed by atoms with E-state index in [9.17, 15) is 5.11 Å². The van der Waals surface area contributed by atoms with Gasteiger partial charge in [-0.1, -0.05) is 25.8 Å². The average Bonchev–Trinajstić information content (AvgIpc) is 2.49. The van der Waals surface area contributed by atoms with Crippen molar-refractivity contribution < 1.29 is 9.84 Å². The topological polar surface area (TPSA) is 32.7 Å². The number of hydrogen-bond donors (Lipinski definition) is 1. The van der Waals surface area contributed by atoms with E-state index >= 15 is 0 Å². The van der Waals surface area contributed by atoms with Gasteiger partial charge in [-0.3, -0.25) is 4.90 Å². The quantitative estimate of drug-likeness (QED) is 0.862. The minimum absolute atomic E-state index is 0.428. The molecule has 1 fully saturated rings. The fourth-order valence-electron chi connectivity index (χ4n) is 3.33. The van der Waals surface area contributed by atoms with Crippen molar-refractivity contribution >= 4 is 0 Å². The number of piperidine rings is 1. The zero-order valence-corrected chi connectivity index (χ0v) is 13.6. The molecule has 0 radical (unpaired) electrons. The zero-order valence-electron chi connectivity index (χ0n) is 13.6. The number of rotatable bonds is 6. The van der Waals surface area contributed by atoms with Crippen LogP contribution in [0.3, 0.4) is 0 Å². The van der Waals surface area contributed by atoms with Crippen LogP contribution in [-0.2, 0) is 6.54 Å². The van der Waals surface area contributed by atoms with Gasteiger partial charge in [0.05, 0.1) is 13.2 Å². The van der Waals surface area contributed by atoms with Crippen LogP contribution in [0.15, 0.2) is 18.2 Å². The smallest absolute Gasteiger partial charge is 0.123 e. The lowest BCUT2D eigenvalue weighted by molar-refractivity contribution is 0.130. The van der Waals surface area contributed by atoms with Gasteiger partial charge in [0.1, 0.15) is 5.75 Å². The van der Waals surface area contributed by atoms with Crippen LogP contribution in [0.1, 0.15) is 63.2 Å². The van der Waals surface area contributed by atoms with Gasteiger partial charge in [0, 0.05) is 18.2 Å². The van der Waals surface area contributed by atoms with Crippen molar-refractivity contribution in [2.24, 2.45) is 0 Å². The van der Waals surface area contributed by atoms with E-state index in [0.29, 0.717) is 6.04 Å². The molecule has 1 N–H and O–H groups in total.